The summed E-state index contributed by atoms with van der Waals surface area (Å²) in [6, 6.07) is 26.6. The predicted octanol–water partition coefficient (Wildman–Crippen LogP) is 8.31. The first-order valence-corrected chi connectivity index (χ1v) is 12.6. The van der Waals surface area contributed by atoms with Crippen molar-refractivity contribution in [2.24, 2.45) is 0 Å². The Morgan fingerprint density at radius 3 is 1.78 bits per heavy atom. The van der Waals surface area contributed by atoms with Crippen LogP contribution in [0.4, 0.5) is 0 Å². The minimum atomic E-state index is 0.436. The van der Waals surface area contributed by atoms with Gasteiger partial charge in [-0.25, -0.2) is 15.0 Å². The number of rotatable bonds is 7. The zero-order valence-electron chi connectivity index (χ0n) is 21.6. The monoisotopic (exact) mass is 486 g/mol. The molecule has 0 saturated carbocycles. The van der Waals surface area contributed by atoms with E-state index in [0.717, 1.165) is 28.1 Å². The van der Waals surface area contributed by atoms with E-state index in [4.69, 9.17) is 9.72 Å². The van der Waals surface area contributed by atoms with E-state index in [-0.39, 0.29) is 0 Å². The third-order valence-corrected chi connectivity index (χ3v) is 6.38. The largest absolute Gasteiger partial charge is 0.457 e. The molecule has 37 heavy (non-hydrogen) atoms. The van der Waals surface area contributed by atoms with Crippen LogP contribution < -0.4 is 4.74 Å². The fraction of sp³-hybridized carbons (Fsp3) is 0.188. The van der Waals surface area contributed by atoms with Crippen LogP contribution >= 0.6 is 0 Å². The number of pyridine rings is 1. The Hall–Kier alpha value is -4.38. The lowest BCUT2D eigenvalue weighted by Crippen LogP contribution is -2.00. The minimum absolute atomic E-state index is 0.436. The second-order valence-electron chi connectivity index (χ2n) is 9.67. The third-order valence-electron chi connectivity index (χ3n) is 6.38. The first kappa shape index (κ1) is 24.3. The van der Waals surface area contributed by atoms with Gasteiger partial charge in [0.2, 0.25) is 0 Å². The van der Waals surface area contributed by atoms with E-state index in [1.165, 1.54) is 29.3 Å². The zero-order chi connectivity index (χ0) is 25.8. The van der Waals surface area contributed by atoms with E-state index in [1.807, 2.05) is 48.7 Å². The van der Waals surface area contributed by atoms with Crippen molar-refractivity contribution in [2.45, 2.75) is 39.5 Å². The van der Waals surface area contributed by atoms with E-state index in [2.05, 4.69) is 79.0 Å². The Kier molecular flexibility index (Phi) is 7.04. The smallest absolute Gasteiger partial charge is 0.162 e. The maximum Gasteiger partial charge on any atom is 0.162 e. The average Bonchev–Trinajstić information content (AvgIpc) is 2.93. The van der Waals surface area contributed by atoms with Gasteiger partial charge in [0.1, 0.15) is 24.2 Å². The molecule has 5 heteroatoms. The second-order valence-corrected chi connectivity index (χ2v) is 9.67. The van der Waals surface area contributed by atoms with Gasteiger partial charge in [-0.2, -0.15) is 0 Å². The Morgan fingerprint density at radius 2 is 1.19 bits per heavy atom. The number of hydrogen-bond acceptors (Lipinski definition) is 5. The Balaban J connectivity index is 1.42. The lowest BCUT2D eigenvalue weighted by atomic mass is 9.85. The van der Waals surface area contributed by atoms with Gasteiger partial charge < -0.3 is 4.74 Å². The van der Waals surface area contributed by atoms with Crippen molar-refractivity contribution < 1.29 is 4.74 Å². The van der Waals surface area contributed by atoms with Crippen molar-refractivity contribution in [1.29, 1.82) is 0 Å². The molecule has 0 radical (unpaired) electrons. The van der Waals surface area contributed by atoms with Gasteiger partial charge in [0.15, 0.2) is 5.82 Å². The van der Waals surface area contributed by atoms with Gasteiger partial charge in [0.25, 0.3) is 0 Å². The summed E-state index contributed by atoms with van der Waals surface area (Å²) in [6.45, 7) is 8.98. The molecule has 0 aliphatic carbocycles. The fourth-order valence-electron chi connectivity index (χ4n) is 4.54. The van der Waals surface area contributed by atoms with Gasteiger partial charge >= 0.3 is 0 Å². The lowest BCUT2D eigenvalue weighted by molar-refractivity contribution is 0.483. The van der Waals surface area contributed by atoms with Crippen LogP contribution in [-0.4, -0.2) is 19.9 Å². The molecule has 0 aliphatic heterocycles. The highest BCUT2D eigenvalue weighted by Crippen LogP contribution is 2.36. The fourth-order valence-corrected chi connectivity index (χ4v) is 4.54. The molecule has 0 amide bonds. The molecule has 2 heterocycles. The maximum absolute atomic E-state index is 6.18. The Bertz CT molecular complexity index is 1470. The summed E-state index contributed by atoms with van der Waals surface area (Å²) >= 11 is 0. The molecule has 5 rings (SSSR count). The highest BCUT2D eigenvalue weighted by Gasteiger charge is 2.16. The summed E-state index contributed by atoms with van der Waals surface area (Å²) in [7, 11) is 0. The van der Waals surface area contributed by atoms with Crippen LogP contribution in [-0.2, 0) is 0 Å². The quantitative estimate of drug-likeness (QED) is 0.231. The SMILES string of the molecule is CC(C)c1cccc(C(C)C)c1-c1ccc(-c2cccc(Oc3cccc(-c4ncncn4)c3)c2)nc1. The molecule has 0 atom stereocenters. The molecule has 0 saturated heterocycles. The number of aromatic nitrogens is 4. The molecule has 0 N–H and O–H groups in total. The van der Waals surface area contributed by atoms with Crippen molar-refractivity contribution >= 4 is 0 Å². The third kappa shape index (κ3) is 5.41. The van der Waals surface area contributed by atoms with Crippen LogP contribution in [0.5, 0.6) is 11.5 Å². The highest BCUT2D eigenvalue weighted by molar-refractivity contribution is 5.74. The van der Waals surface area contributed by atoms with Crippen LogP contribution in [0.15, 0.2) is 97.7 Å². The van der Waals surface area contributed by atoms with Crippen molar-refractivity contribution in [2.75, 3.05) is 0 Å². The molecule has 0 bridgehead atoms. The van der Waals surface area contributed by atoms with Gasteiger partial charge in [-0.1, -0.05) is 76.2 Å². The first-order valence-electron chi connectivity index (χ1n) is 12.6. The first-order chi connectivity index (χ1) is 18.0. The highest BCUT2D eigenvalue weighted by atomic mass is 16.5. The molecule has 5 aromatic rings. The van der Waals surface area contributed by atoms with Crippen molar-refractivity contribution in [3.63, 3.8) is 0 Å². The number of hydrogen-bond donors (Lipinski definition) is 0. The summed E-state index contributed by atoms with van der Waals surface area (Å²) in [5.74, 6) is 2.93. The van der Waals surface area contributed by atoms with Crippen molar-refractivity contribution in [3.05, 3.63) is 109 Å². The molecule has 3 aromatic carbocycles. The van der Waals surface area contributed by atoms with Crippen LogP contribution in [0.2, 0.25) is 0 Å². The molecule has 0 spiro atoms. The number of ether oxygens (including phenoxy) is 1. The van der Waals surface area contributed by atoms with Gasteiger partial charge in [-0.15, -0.1) is 0 Å². The molecule has 5 nitrogen and oxygen atoms in total. The van der Waals surface area contributed by atoms with E-state index in [0.29, 0.717) is 23.4 Å². The minimum Gasteiger partial charge on any atom is -0.457 e. The second kappa shape index (κ2) is 10.7. The summed E-state index contributed by atoms with van der Waals surface area (Å²) in [6.07, 6.45) is 4.97. The van der Waals surface area contributed by atoms with Gasteiger partial charge in [-0.3, -0.25) is 4.98 Å². The van der Waals surface area contributed by atoms with Gasteiger partial charge in [0, 0.05) is 22.9 Å². The standard InChI is InChI=1S/C32H30N4O/c1-21(2)28-12-7-13-29(22(3)4)31(28)25-14-15-30(34-18-25)23-8-5-10-26(16-23)37-27-11-6-9-24(17-27)32-35-19-33-20-36-32/h5-22H,1-4H3. The van der Waals surface area contributed by atoms with E-state index >= 15 is 0 Å². The number of nitrogens with zero attached hydrogens (tertiary/aromatic N) is 4. The van der Waals surface area contributed by atoms with E-state index in [1.54, 1.807) is 0 Å². The number of benzene rings is 3. The Labute approximate surface area is 218 Å². The molecule has 0 unspecified atom stereocenters. The Morgan fingerprint density at radius 1 is 0.595 bits per heavy atom. The summed E-state index contributed by atoms with van der Waals surface area (Å²) < 4.78 is 6.18. The summed E-state index contributed by atoms with van der Waals surface area (Å²) in [5, 5.41) is 0. The van der Waals surface area contributed by atoms with Crippen molar-refractivity contribution in [1.82, 2.24) is 19.9 Å². The van der Waals surface area contributed by atoms with Crippen LogP contribution in [0.25, 0.3) is 33.8 Å². The van der Waals surface area contributed by atoms with Crippen molar-refractivity contribution in [3.8, 4) is 45.3 Å². The molecule has 0 fully saturated rings. The molecular weight excluding hydrogens is 456 g/mol. The van der Waals surface area contributed by atoms with Crippen LogP contribution in [0, 0.1) is 0 Å². The summed E-state index contributed by atoms with van der Waals surface area (Å²) in [5.41, 5.74) is 7.95. The molecular formula is C32H30N4O. The molecule has 0 aliphatic rings. The maximum atomic E-state index is 6.18. The zero-order valence-corrected chi connectivity index (χ0v) is 21.6. The average molecular weight is 487 g/mol. The van der Waals surface area contributed by atoms with Gasteiger partial charge in [0.05, 0.1) is 5.69 Å². The topological polar surface area (TPSA) is 60.8 Å². The summed E-state index contributed by atoms with van der Waals surface area (Å²) in [4.78, 5) is 17.2. The van der Waals surface area contributed by atoms with E-state index in [9.17, 15) is 0 Å². The van der Waals surface area contributed by atoms with Gasteiger partial charge in [-0.05, 0) is 58.9 Å². The molecule has 2 aromatic heterocycles. The van der Waals surface area contributed by atoms with Crippen LogP contribution in [0.3, 0.4) is 0 Å². The van der Waals surface area contributed by atoms with E-state index < -0.39 is 0 Å². The predicted molar refractivity (Wildman–Crippen MR) is 149 cm³/mol. The lowest BCUT2D eigenvalue weighted by Gasteiger charge is -2.20. The van der Waals surface area contributed by atoms with Crippen LogP contribution in [0.1, 0.15) is 50.7 Å². The normalized spacial score (nSPS) is 11.2. The molecule has 184 valence electrons.